The first-order valence-corrected chi connectivity index (χ1v) is 38.4. The van der Waals surface area contributed by atoms with Crippen molar-refractivity contribution in [3.8, 4) is 0 Å². The zero-order valence-corrected chi connectivity index (χ0v) is 58.3. The van der Waals surface area contributed by atoms with E-state index in [-0.39, 0.29) is 25.7 Å². The van der Waals surface area contributed by atoms with Crippen molar-refractivity contribution in [3.63, 3.8) is 0 Å². The molecule has 0 aromatic heterocycles. The number of aliphatic hydroxyl groups excluding tert-OH is 1. The van der Waals surface area contributed by atoms with Crippen molar-refractivity contribution in [2.45, 2.75) is 356 Å². The van der Waals surface area contributed by atoms with E-state index in [2.05, 4.69) is 48.5 Å². The van der Waals surface area contributed by atoms with Crippen LogP contribution in [0.15, 0.2) is 0 Å². The number of ether oxygens (including phenoxy) is 4. The van der Waals surface area contributed by atoms with E-state index < -0.39 is 97.5 Å². The average molecular weight is 1280 g/mol. The summed E-state index contributed by atoms with van der Waals surface area (Å²) < 4.78 is 68.1. The first-order chi connectivity index (χ1) is 41.8. The molecule has 0 rings (SSSR count). The quantitative estimate of drug-likeness (QED) is 0.0222. The van der Waals surface area contributed by atoms with Crippen LogP contribution >= 0.6 is 15.6 Å². The highest BCUT2D eigenvalue weighted by molar-refractivity contribution is 7.47. The second-order valence-corrected chi connectivity index (χ2v) is 28.7. The number of hydrogen-bond acceptors (Lipinski definition) is 15. The normalized spacial score (nSPS) is 14.6. The molecule has 0 aliphatic carbocycles. The lowest BCUT2D eigenvalue weighted by Gasteiger charge is -2.21. The van der Waals surface area contributed by atoms with Crippen molar-refractivity contribution < 1.29 is 80.2 Å². The van der Waals surface area contributed by atoms with Crippen molar-refractivity contribution in [2.24, 2.45) is 17.8 Å². The minimum atomic E-state index is -4.95. The summed E-state index contributed by atoms with van der Waals surface area (Å²) in [5, 5.41) is 10.6. The summed E-state index contributed by atoms with van der Waals surface area (Å²) in [4.78, 5) is 72.3. The molecule has 19 heteroatoms. The van der Waals surface area contributed by atoms with Crippen LogP contribution in [0, 0.1) is 17.8 Å². The van der Waals surface area contributed by atoms with Gasteiger partial charge in [-0.15, -0.1) is 0 Å². The number of phosphoric acid groups is 2. The number of hydrogen-bond donors (Lipinski definition) is 3. The Labute approximate surface area is 530 Å². The number of esters is 4. The fraction of sp³-hybridized carbons (Fsp3) is 0.941. The Morgan fingerprint density at radius 1 is 0.333 bits per heavy atom. The number of rotatable bonds is 66. The maximum absolute atomic E-state index is 13.0. The lowest BCUT2D eigenvalue weighted by atomic mass is 10.00. The minimum Gasteiger partial charge on any atom is -0.462 e. The van der Waals surface area contributed by atoms with Gasteiger partial charge in [-0.25, -0.2) is 9.13 Å². The third-order valence-electron chi connectivity index (χ3n) is 16.0. The van der Waals surface area contributed by atoms with E-state index >= 15 is 0 Å². The third-order valence-corrected chi connectivity index (χ3v) is 17.9. The lowest BCUT2D eigenvalue weighted by molar-refractivity contribution is -0.161. The van der Waals surface area contributed by atoms with Crippen LogP contribution < -0.4 is 0 Å². The van der Waals surface area contributed by atoms with E-state index in [1.807, 2.05) is 0 Å². The first-order valence-electron chi connectivity index (χ1n) is 35.4. The molecule has 0 aliphatic rings. The predicted octanol–water partition coefficient (Wildman–Crippen LogP) is 19.1. The van der Waals surface area contributed by atoms with Crippen LogP contribution in [0.5, 0.6) is 0 Å². The van der Waals surface area contributed by atoms with Gasteiger partial charge in [0.25, 0.3) is 0 Å². The minimum absolute atomic E-state index is 0.102. The molecule has 0 fully saturated rings. The molecule has 0 saturated heterocycles. The van der Waals surface area contributed by atoms with Gasteiger partial charge in [-0.3, -0.25) is 37.3 Å². The van der Waals surface area contributed by atoms with Gasteiger partial charge < -0.3 is 33.8 Å². The number of phosphoric ester groups is 2. The molecule has 3 N–H and O–H groups in total. The maximum atomic E-state index is 13.0. The molecule has 0 aromatic rings. The molecule has 6 atom stereocenters. The van der Waals surface area contributed by atoms with Gasteiger partial charge in [0.15, 0.2) is 12.2 Å². The second kappa shape index (κ2) is 59.1. The van der Waals surface area contributed by atoms with Crippen LogP contribution in [-0.4, -0.2) is 96.7 Å². The number of unbranched alkanes of at least 4 members (excludes halogenated alkanes) is 33. The molecular weight excluding hydrogens is 1150 g/mol. The molecule has 0 aliphatic heterocycles. The van der Waals surface area contributed by atoms with Crippen molar-refractivity contribution >= 4 is 39.5 Å². The third kappa shape index (κ3) is 61.3. The van der Waals surface area contributed by atoms with Gasteiger partial charge in [0.2, 0.25) is 0 Å². The molecule has 87 heavy (non-hydrogen) atoms. The molecule has 516 valence electrons. The van der Waals surface area contributed by atoms with Gasteiger partial charge in [0.05, 0.1) is 26.4 Å². The maximum Gasteiger partial charge on any atom is 0.472 e. The molecule has 0 radical (unpaired) electrons. The summed E-state index contributed by atoms with van der Waals surface area (Å²) in [7, 11) is -9.89. The fourth-order valence-corrected chi connectivity index (χ4v) is 11.7. The van der Waals surface area contributed by atoms with Crippen LogP contribution in [0.1, 0.15) is 337 Å². The zero-order chi connectivity index (χ0) is 64.5. The van der Waals surface area contributed by atoms with Gasteiger partial charge in [-0.1, -0.05) is 286 Å². The van der Waals surface area contributed by atoms with Crippen molar-refractivity contribution in [1.29, 1.82) is 0 Å². The second-order valence-electron chi connectivity index (χ2n) is 25.8. The van der Waals surface area contributed by atoms with E-state index in [1.54, 1.807) is 0 Å². The molecule has 0 heterocycles. The largest absolute Gasteiger partial charge is 0.472 e. The summed E-state index contributed by atoms with van der Waals surface area (Å²) in [6.45, 7) is 11.7. The summed E-state index contributed by atoms with van der Waals surface area (Å²) in [6.07, 6.45) is 41.9. The Hall–Kier alpha value is -1.94. The summed E-state index contributed by atoms with van der Waals surface area (Å²) in [5.74, 6) is 0.114. The van der Waals surface area contributed by atoms with Crippen LogP contribution in [0.25, 0.3) is 0 Å². The lowest BCUT2D eigenvalue weighted by Crippen LogP contribution is -2.30. The van der Waals surface area contributed by atoms with Gasteiger partial charge in [0, 0.05) is 25.7 Å². The fourth-order valence-electron chi connectivity index (χ4n) is 10.2. The van der Waals surface area contributed by atoms with E-state index in [1.165, 1.54) is 141 Å². The highest BCUT2D eigenvalue weighted by atomic mass is 31.2. The Bertz CT molecular complexity index is 1720. The van der Waals surface area contributed by atoms with Crippen LogP contribution in [-0.2, 0) is 65.4 Å². The van der Waals surface area contributed by atoms with Gasteiger partial charge >= 0.3 is 39.5 Å². The van der Waals surface area contributed by atoms with Gasteiger partial charge in [-0.2, -0.15) is 0 Å². The molecule has 0 aromatic carbocycles. The topological polar surface area (TPSA) is 237 Å². The van der Waals surface area contributed by atoms with Crippen molar-refractivity contribution in [1.82, 2.24) is 0 Å². The SMILES string of the molecule is CCCCCCCCCCC(=O)OC[C@H](COP(=O)(O)OC[C@H](O)COP(=O)(O)OC[C@@H](COC(=O)CCCCCCCCCCC(C)C)OC(=O)CCCCCCCCCCCCCCCCCC(C)C)OC(=O)CCCCCCCCC(C)CC. The van der Waals surface area contributed by atoms with E-state index in [0.29, 0.717) is 25.7 Å². The smallest absolute Gasteiger partial charge is 0.462 e. The number of carbonyl (C=O) groups excluding carboxylic acids is 4. The average Bonchev–Trinajstić information content (AvgIpc) is 3.60. The Morgan fingerprint density at radius 3 is 0.874 bits per heavy atom. The van der Waals surface area contributed by atoms with E-state index in [0.717, 1.165) is 114 Å². The summed E-state index contributed by atoms with van der Waals surface area (Å²) >= 11 is 0. The first kappa shape index (κ1) is 85.1. The van der Waals surface area contributed by atoms with Crippen molar-refractivity contribution in [3.05, 3.63) is 0 Å². The van der Waals surface area contributed by atoms with Gasteiger partial charge in [-0.05, 0) is 43.4 Å². The predicted molar refractivity (Wildman–Crippen MR) is 349 cm³/mol. The summed E-state index contributed by atoms with van der Waals surface area (Å²) in [5.41, 5.74) is 0. The molecule has 0 spiro atoms. The molecule has 0 saturated carbocycles. The Kier molecular flexibility index (Phi) is 57.8. The molecule has 0 amide bonds. The molecule has 17 nitrogen and oxygen atoms in total. The highest BCUT2D eigenvalue weighted by Gasteiger charge is 2.30. The number of aliphatic hydroxyl groups is 1. The van der Waals surface area contributed by atoms with Crippen LogP contribution in [0.4, 0.5) is 0 Å². The standard InChI is InChI=1S/C68H132O17P2/c1-8-10-11-12-13-27-35-42-49-65(70)78-56-64(85-68(73)52-45-38-31-30-34-41-48-61(7)9-2)58-83-87(76,77)81-54-62(69)53-80-86(74,75)82-57-63(55-79-66(71)50-43-36-28-24-23-26-33-40-47-60(5)6)84-67(72)51-44-37-29-22-20-18-16-14-15-17-19-21-25-32-39-46-59(3)4/h59-64,69H,8-58H2,1-7H3,(H,74,75)(H,76,77)/t61?,62-,63-,64-/m1/s1. The van der Waals surface area contributed by atoms with Crippen LogP contribution in [0.2, 0.25) is 0 Å². The van der Waals surface area contributed by atoms with E-state index in [4.69, 9.17) is 37.0 Å². The zero-order valence-electron chi connectivity index (χ0n) is 56.5. The monoisotopic (exact) mass is 1280 g/mol. The van der Waals surface area contributed by atoms with Gasteiger partial charge in [0.1, 0.15) is 19.3 Å². The molecular formula is C68H132O17P2. The van der Waals surface area contributed by atoms with Crippen LogP contribution in [0.3, 0.4) is 0 Å². The highest BCUT2D eigenvalue weighted by Crippen LogP contribution is 2.45. The van der Waals surface area contributed by atoms with Crippen molar-refractivity contribution in [2.75, 3.05) is 39.6 Å². The Morgan fingerprint density at radius 2 is 0.586 bits per heavy atom. The number of carbonyl (C=O) groups is 4. The molecule has 3 unspecified atom stereocenters. The molecule has 0 bridgehead atoms. The van der Waals surface area contributed by atoms with E-state index in [9.17, 15) is 43.2 Å². The Balaban J connectivity index is 5.20. The summed E-state index contributed by atoms with van der Waals surface area (Å²) in [6, 6.07) is 0.